The van der Waals surface area contributed by atoms with Gasteiger partial charge in [-0.15, -0.1) is 0 Å². The van der Waals surface area contributed by atoms with Gasteiger partial charge in [-0.3, -0.25) is 14.6 Å². The molecular formula is C25H32N4O2. The second-order valence-electron chi connectivity index (χ2n) is 9.11. The van der Waals surface area contributed by atoms with Crippen LogP contribution in [0.4, 0.5) is 5.69 Å². The fraction of sp³-hybridized carbons (Fsp3) is 0.480. The number of hydrogen-bond acceptors (Lipinski definition) is 4. The van der Waals surface area contributed by atoms with E-state index in [0.29, 0.717) is 6.54 Å². The van der Waals surface area contributed by atoms with Crippen LogP contribution in [-0.2, 0) is 11.2 Å². The van der Waals surface area contributed by atoms with Crippen molar-refractivity contribution in [3.8, 4) is 0 Å². The number of likely N-dealkylation sites (tertiary alicyclic amines) is 1. The number of benzene rings is 1. The zero-order valence-corrected chi connectivity index (χ0v) is 18.5. The van der Waals surface area contributed by atoms with Crippen LogP contribution in [0, 0.1) is 11.3 Å². The van der Waals surface area contributed by atoms with E-state index in [0.717, 1.165) is 56.4 Å². The number of anilines is 1. The number of nitrogens with zero attached hydrogens (tertiary/aromatic N) is 3. The molecular weight excluding hydrogens is 388 g/mol. The molecule has 2 aliphatic rings. The number of carbonyl (C=O) groups is 2. The van der Waals surface area contributed by atoms with Crippen LogP contribution >= 0.6 is 0 Å². The molecule has 31 heavy (non-hydrogen) atoms. The minimum absolute atomic E-state index is 0.0938. The summed E-state index contributed by atoms with van der Waals surface area (Å²) in [6.45, 7) is 2.17. The molecule has 6 nitrogen and oxygen atoms in total. The molecule has 1 N–H and O–H groups in total. The molecule has 1 saturated heterocycles. The lowest BCUT2D eigenvalue weighted by Crippen LogP contribution is -2.40. The molecule has 2 amide bonds. The smallest absolute Gasteiger partial charge is 0.253 e. The molecule has 1 aromatic heterocycles. The Kier molecular flexibility index (Phi) is 6.25. The fourth-order valence-electron chi connectivity index (χ4n) is 4.70. The van der Waals surface area contributed by atoms with Crippen LogP contribution in [0.15, 0.2) is 48.8 Å². The highest BCUT2D eigenvalue weighted by Crippen LogP contribution is 2.59. The topological polar surface area (TPSA) is 65.5 Å². The third kappa shape index (κ3) is 4.89. The van der Waals surface area contributed by atoms with E-state index >= 15 is 0 Å². The number of hydrogen-bond donors (Lipinski definition) is 1. The average molecular weight is 421 g/mol. The first-order valence-electron chi connectivity index (χ1n) is 11.2. The van der Waals surface area contributed by atoms with Gasteiger partial charge in [0.1, 0.15) is 0 Å². The maximum absolute atomic E-state index is 12.9. The van der Waals surface area contributed by atoms with E-state index in [2.05, 4.69) is 10.3 Å². The van der Waals surface area contributed by atoms with Gasteiger partial charge < -0.3 is 15.1 Å². The maximum Gasteiger partial charge on any atom is 0.253 e. The second kappa shape index (κ2) is 9.08. The van der Waals surface area contributed by atoms with Crippen molar-refractivity contribution in [2.75, 3.05) is 38.6 Å². The van der Waals surface area contributed by atoms with Crippen LogP contribution in [0.3, 0.4) is 0 Å². The van der Waals surface area contributed by atoms with Gasteiger partial charge in [0.05, 0.1) is 0 Å². The van der Waals surface area contributed by atoms with Crippen LogP contribution < -0.4 is 10.2 Å². The summed E-state index contributed by atoms with van der Waals surface area (Å²) in [4.78, 5) is 33.5. The largest absolute Gasteiger partial charge is 0.378 e. The molecule has 6 heteroatoms. The van der Waals surface area contributed by atoms with Gasteiger partial charge in [-0.25, -0.2) is 0 Å². The number of pyridine rings is 1. The summed E-state index contributed by atoms with van der Waals surface area (Å²) in [5.74, 6) is 0.396. The number of aryl methyl sites for hydroxylation is 1. The van der Waals surface area contributed by atoms with E-state index in [-0.39, 0.29) is 23.1 Å². The molecule has 1 aliphatic carbocycles. The molecule has 1 atom stereocenters. The van der Waals surface area contributed by atoms with Gasteiger partial charge in [0.15, 0.2) is 0 Å². The Bertz CT molecular complexity index is 920. The van der Waals surface area contributed by atoms with E-state index < -0.39 is 0 Å². The Morgan fingerprint density at radius 2 is 1.90 bits per heavy atom. The molecule has 4 rings (SSSR count). The number of piperidine rings is 1. The summed E-state index contributed by atoms with van der Waals surface area (Å²) >= 11 is 0. The Balaban J connectivity index is 1.22. The molecule has 2 heterocycles. The van der Waals surface area contributed by atoms with E-state index in [4.69, 9.17) is 0 Å². The van der Waals surface area contributed by atoms with Crippen molar-refractivity contribution in [2.24, 2.45) is 11.3 Å². The minimum Gasteiger partial charge on any atom is -0.378 e. The molecule has 1 aromatic carbocycles. The fourth-order valence-corrected chi connectivity index (χ4v) is 4.70. The first kappa shape index (κ1) is 21.3. The Hall–Kier alpha value is -2.89. The van der Waals surface area contributed by atoms with Gasteiger partial charge in [-0.05, 0) is 73.4 Å². The lowest BCUT2D eigenvalue weighted by atomic mass is 9.90. The van der Waals surface area contributed by atoms with Crippen molar-refractivity contribution < 1.29 is 9.59 Å². The molecule has 164 valence electrons. The Morgan fingerprint density at radius 1 is 1.16 bits per heavy atom. The number of carbonyl (C=O) groups excluding carboxylic acids is 2. The molecule has 1 unspecified atom stereocenters. The van der Waals surface area contributed by atoms with E-state index in [1.54, 1.807) is 12.4 Å². The number of rotatable bonds is 7. The molecule has 0 radical (unpaired) electrons. The number of nitrogens with one attached hydrogen (secondary N) is 1. The van der Waals surface area contributed by atoms with Crippen molar-refractivity contribution in [2.45, 2.75) is 32.1 Å². The Labute approximate surface area is 184 Å². The van der Waals surface area contributed by atoms with Gasteiger partial charge in [-0.1, -0.05) is 6.07 Å². The molecule has 2 fully saturated rings. The molecule has 1 aliphatic heterocycles. The summed E-state index contributed by atoms with van der Waals surface area (Å²) in [7, 11) is 3.96. The zero-order chi connectivity index (χ0) is 21.8. The summed E-state index contributed by atoms with van der Waals surface area (Å²) in [5, 5.41) is 3.12. The van der Waals surface area contributed by atoms with Crippen molar-refractivity contribution in [3.05, 3.63) is 59.9 Å². The summed E-state index contributed by atoms with van der Waals surface area (Å²) in [6, 6.07) is 11.8. The normalized spacial score (nSPS) is 19.2. The van der Waals surface area contributed by atoms with Crippen molar-refractivity contribution in [3.63, 3.8) is 0 Å². The van der Waals surface area contributed by atoms with Crippen molar-refractivity contribution in [1.82, 2.24) is 15.2 Å². The van der Waals surface area contributed by atoms with E-state index in [1.807, 2.05) is 60.3 Å². The van der Waals surface area contributed by atoms with Crippen LogP contribution in [0.25, 0.3) is 0 Å². The maximum atomic E-state index is 12.9. The van der Waals surface area contributed by atoms with Gasteiger partial charge in [0.2, 0.25) is 5.91 Å². The van der Waals surface area contributed by atoms with Crippen LogP contribution in [0.2, 0.25) is 0 Å². The standard InChI is InChI=1S/C25H32N4O2/c1-28(2)21-7-3-6-20(17-21)24(31)29-15-10-25(11-16-29)18-22(25)23(30)27-12-4-5-19-8-13-26-14-9-19/h3,6-9,13-14,17,22H,4-5,10-12,15-16,18H2,1-2H3,(H,27,30). The molecule has 0 bridgehead atoms. The quantitative estimate of drug-likeness (QED) is 0.699. The highest BCUT2D eigenvalue weighted by atomic mass is 16.2. The summed E-state index contributed by atoms with van der Waals surface area (Å²) in [6.07, 6.45) is 8.29. The second-order valence-corrected chi connectivity index (χ2v) is 9.11. The first-order chi connectivity index (χ1) is 15.0. The third-order valence-corrected chi connectivity index (χ3v) is 6.85. The lowest BCUT2D eigenvalue weighted by Gasteiger charge is -2.33. The lowest BCUT2D eigenvalue weighted by molar-refractivity contribution is -0.123. The van der Waals surface area contributed by atoms with E-state index in [9.17, 15) is 9.59 Å². The van der Waals surface area contributed by atoms with Crippen molar-refractivity contribution >= 4 is 17.5 Å². The molecule has 2 aromatic rings. The highest BCUT2D eigenvalue weighted by Gasteiger charge is 2.58. The van der Waals surface area contributed by atoms with Crippen LogP contribution in [0.1, 0.15) is 41.6 Å². The summed E-state index contributed by atoms with van der Waals surface area (Å²) in [5.41, 5.74) is 3.13. The van der Waals surface area contributed by atoms with Gasteiger partial charge in [0, 0.05) is 63.3 Å². The first-order valence-corrected chi connectivity index (χ1v) is 11.2. The SMILES string of the molecule is CN(C)c1cccc(C(=O)N2CCC3(CC2)CC3C(=O)NCCCc2ccncc2)c1. The monoisotopic (exact) mass is 420 g/mol. The van der Waals surface area contributed by atoms with Gasteiger partial charge >= 0.3 is 0 Å². The number of amides is 2. The van der Waals surface area contributed by atoms with Crippen molar-refractivity contribution in [1.29, 1.82) is 0 Å². The average Bonchev–Trinajstić information content (AvgIpc) is 3.50. The predicted molar refractivity (Wildman–Crippen MR) is 122 cm³/mol. The molecule has 1 spiro atoms. The molecule has 1 saturated carbocycles. The van der Waals surface area contributed by atoms with Gasteiger partial charge in [-0.2, -0.15) is 0 Å². The highest BCUT2D eigenvalue weighted by molar-refractivity contribution is 5.95. The summed E-state index contributed by atoms with van der Waals surface area (Å²) < 4.78 is 0. The third-order valence-electron chi connectivity index (χ3n) is 6.85. The van der Waals surface area contributed by atoms with E-state index in [1.165, 1.54) is 5.56 Å². The van der Waals surface area contributed by atoms with Crippen LogP contribution in [0.5, 0.6) is 0 Å². The minimum atomic E-state index is 0.0938. The van der Waals surface area contributed by atoms with Gasteiger partial charge in [0.25, 0.3) is 5.91 Å². The predicted octanol–water partition coefficient (Wildman–Crippen LogP) is 3.14. The number of aromatic nitrogens is 1. The van der Waals surface area contributed by atoms with Crippen LogP contribution in [-0.4, -0.2) is 55.4 Å². The zero-order valence-electron chi connectivity index (χ0n) is 18.5. The Morgan fingerprint density at radius 3 is 2.61 bits per heavy atom.